The van der Waals surface area contributed by atoms with Crippen molar-refractivity contribution in [2.45, 2.75) is 19.3 Å². The molecule has 0 atom stereocenters. The highest BCUT2D eigenvalue weighted by molar-refractivity contribution is 6.01. The molecule has 3 aromatic carbocycles. The van der Waals surface area contributed by atoms with E-state index >= 15 is 0 Å². The van der Waals surface area contributed by atoms with Crippen molar-refractivity contribution in [2.75, 3.05) is 0 Å². The summed E-state index contributed by atoms with van der Waals surface area (Å²) < 4.78 is 19.6. The van der Waals surface area contributed by atoms with Gasteiger partial charge in [0, 0.05) is 6.08 Å². The summed E-state index contributed by atoms with van der Waals surface area (Å²) in [4.78, 5) is 0. The van der Waals surface area contributed by atoms with Crippen LogP contribution in [0.25, 0.3) is 34.2 Å². The van der Waals surface area contributed by atoms with Crippen LogP contribution < -0.4 is 0 Å². The highest BCUT2D eigenvalue weighted by Crippen LogP contribution is 2.45. The molecule has 1 N–H and O–H groups in total. The summed E-state index contributed by atoms with van der Waals surface area (Å²) in [6, 6.07) is 24.8. The zero-order valence-electron chi connectivity index (χ0n) is 19.0. The molecule has 0 saturated heterocycles. The minimum atomic E-state index is -0.479. The van der Waals surface area contributed by atoms with E-state index in [1.807, 2.05) is 24.3 Å². The Bertz CT molecular complexity index is 1510. The molecule has 0 amide bonds. The van der Waals surface area contributed by atoms with Gasteiger partial charge in [-0.05, 0) is 70.4 Å². The molecule has 0 aliphatic heterocycles. The van der Waals surface area contributed by atoms with Crippen molar-refractivity contribution in [3.05, 3.63) is 113 Å². The number of nitrogens with one attached hydrogen (secondary N) is 1. The summed E-state index contributed by atoms with van der Waals surface area (Å²) >= 11 is 0. The number of aromatic nitrogens is 4. The summed E-state index contributed by atoms with van der Waals surface area (Å²) in [7, 11) is 0. The van der Waals surface area contributed by atoms with E-state index in [9.17, 15) is 4.39 Å². The first-order valence-corrected chi connectivity index (χ1v) is 11.7. The Morgan fingerprint density at radius 1 is 0.914 bits per heavy atom. The summed E-state index contributed by atoms with van der Waals surface area (Å²) in [6.07, 6.45) is 8.58. The summed E-state index contributed by atoms with van der Waals surface area (Å²) in [6.45, 7) is 0. The van der Waals surface area contributed by atoms with Crippen LogP contribution in [0.5, 0.6) is 0 Å². The lowest BCUT2D eigenvalue weighted by Crippen LogP contribution is -2.15. The van der Waals surface area contributed by atoms with Gasteiger partial charge in [-0.3, -0.25) is 5.10 Å². The van der Waals surface area contributed by atoms with Crippen molar-refractivity contribution in [1.29, 1.82) is 0 Å². The number of hydrogen-bond donors (Lipinski definition) is 1. The lowest BCUT2D eigenvalue weighted by molar-refractivity contribution is 0.401. The zero-order valence-corrected chi connectivity index (χ0v) is 19.0. The Balaban J connectivity index is 1.51. The van der Waals surface area contributed by atoms with E-state index in [-0.39, 0.29) is 0 Å². The van der Waals surface area contributed by atoms with Gasteiger partial charge in [-0.1, -0.05) is 67.1 Å². The van der Waals surface area contributed by atoms with Gasteiger partial charge in [0.1, 0.15) is 0 Å². The molecular formula is C29H23FN4O. The van der Waals surface area contributed by atoms with Crippen molar-refractivity contribution in [1.82, 2.24) is 20.4 Å². The van der Waals surface area contributed by atoms with Crippen LogP contribution in [-0.4, -0.2) is 20.4 Å². The van der Waals surface area contributed by atoms with Gasteiger partial charge in [-0.15, -0.1) is 15.3 Å². The lowest BCUT2D eigenvalue weighted by atomic mass is 9.73. The molecule has 172 valence electrons. The Hall–Kier alpha value is -4.32. The van der Waals surface area contributed by atoms with Gasteiger partial charge in [-0.2, -0.15) is 4.39 Å². The highest BCUT2D eigenvalue weighted by atomic mass is 19.1. The predicted octanol–water partition coefficient (Wildman–Crippen LogP) is 7.01. The van der Waals surface area contributed by atoms with Crippen LogP contribution in [0.4, 0.5) is 4.39 Å². The minimum Gasteiger partial charge on any atom is -0.424 e. The van der Waals surface area contributed by atoms with Gasteiger partial charge in [-0.25, -0.2) is 0 Å². The summed E-state index contributed by atoms with van der Waals surface area (Å²) in [5.41, 5.74) is 7.45. The largest absolute Gasteiger partial charge is 0.424 e. The van der Waals surface area contributed by atoms with Crippen LogP contribution >= 0.6 is 0 Å². The van der Waals surface area contributed by atoms with Gasteiger partial charge < -0.3 is 4.42 Å². The number of fused-ring (bicyclic) bond motifs is 1. The molecule has 1 aliphatic carbocycles. The van der Waals surface area contributed by atoms with Crippen molar-refractivity contribution in [3.63, 3.8) is 0 Å². The molecule has 1 fully saturated rings. The fourth-order valence-corrected chi connectivity index (χ4v) is 4.70. The average Bonchev–Trinajstić information content (AvgIpc) is 3.52. The molecular weight excluding hydrogens is 439 g/mol. The third kappa shape index (κ3) is 4.19. The molecule has 0 spiro atoms. The molecule has 2 heterocycles. The van der Waals surface area contributed by atoms with E-state index in [1.54, 1.807) is 6.08 Å². The Kier molecular flexibility index (Phi) is 5.54. The minimum absolute atomic E-state index is 0.460. The second-order valence-corrected chi connectivity index (χ2v) is 8.79. The zero-order chi connectivity index (χ0) is 23.6. The monoisotopic (exact) mass is 462 g/mol. The van der Waals surface area contributed by atoms with Gasteiger partial charge in [0.15, 0.2) is 0 Å². The maximum atomic E-state index is 14.4. The number of benzene rings is 3. The second-order valence-electron chi connectivity index (χ2n) is 8.79. The van der Waals surface area contributed by atoms with Gasteiger partial charge in [0.2, 0.25) is 18.2 Å². The quantitative estimate of drug-likeness (QED) is 0.276. The van der Waals surface area contributed by atoms with E-state index in [1.165, 1.54) is 24.0 Å². The van der Waals surface area contributed by atoms with E-state index in [2.05, 4.69) is 75.0 Å². The molecule has 6 heteroatoms. The predicted molar refractivity (Wildman–Crippen MR) is 135 cm³/mol. The standard InChI is InChI=1S/C29H23FN4O/c30-29-24-17-23(14-15-25(24)32-34-29)28(27(21-7-4-8-21)20-5-2-1-3-6-20)22-12-9-19(10-13-22)11-16-26-33-31-18-35-26/h1-3,5-6,9-18,21H,4,7-8H2,(H,32,34). The third-order valence-electron chi connectivity index (χ3n) is 6.67. The number of halogens is 1. The normalized spacial score (nSPS) is 14.9. The molecule has 35 heavy (non-hydrogen) atoms. The van der Waals surface area contributed by atoms with Crippen LogP contribution in [0.1, 0.15) is 47.4 Å². The third-order valence-corrected chi connectivity index (χ3v) is 6.67. The smallest absolute Gasteiger partial charge is 0.240 e. The second kappa shape index (κ2) is 9.14. The first kappa shape index (κ1) is 21.2. The summed E-state index contributed by atoms with van der Waals surface area (Å²) in [5.74, 6) is 0.448. The van der Waals surface area contributed by atoms with E-state index in [0.29, 0.717) is 22.7 Å². The maximum Gasteiger partial charge on any atom is 0.240 e. The molecule has 0 unspecified atom stereocenters. The summed E-state index contributed by atoms with van der Waals surface area (Å²) in [5, 5.41) is 14.6. The van der Waals surface area contributed by atoms with E-state index in [0.717, 1.165) is 35.1 Å². The van der Waals surface area contributed by atoms with Crippen LogP contribution in [0, 0.1) is 11.9 Å². The average molecular weight is 463 g/mol. The Morgan fingerprint density at radius 3 is 2.43 bits per heavy atom. The highest BCUT2D eigenvalue weighted by Gasteiger charge is 2.27. The van der Waals surface area contributed by atoms with Gasteiger partial charge in [0.25, 0.3) is 0 Å². The Labute approximate surface area is 202 Å². The molecule has 6 rings (SSSR count). The van der Waals surface area contributed by atoms with Crippen molar-refractivity contribution in [2.24, 2.45) is 5.92 Å². The van der Waals surface area contributed by atoms with Crippen molar-refractivity contribution < 1.29 is 8.81 Å². The molecule has 0 bridgehead atoms. The maximum absolute atomic E-state index is 14.4. The van der Waals surface area contributed by atoms with Gasteiger partial charge in [0.05, 0.1) is 10.9 Å². The number of hydrogen-bond acceptors (Lipinski definition) is 4. The molecule has 2 aromatic heterocycles. The SMILES string of the molecule is Fc1n[nH]c2ccc(C(=C(c3ccccc3)C3CCC3)c3ccc(C=Cc4nnco4)cc3)cc12. The van der Waals surface area contributed by atoms with Crippen LogP contribution in [0.3, 0.4) is 0 Å². The van der Waals surface area contributed by atoms with Crippen molar-refractivity contribution in [3.8, 4) is 0 Å². The first-order chi connectivity index (χ1) is 17.3. The fraction of sp³-hybridized carbons (Fsp3) is 0.138. The van der Waals surface area contributed by atoms with E-state index < -0.39 is 5.95 Å². The fourth-order valence-electron chi connectivity index (χ4n) is 4.70. The van der Waals surface area contributed by atoms with Crippen LogP contribution in [0.15, 0.2) is 83.6 Å². The molecule has 5 nitrogen and oxygen atoms in total. The number of rotatable bonds is 6. The number of aromatic amines is 1. The lowest BCUT2D eigenvalue weighted by Gasteiger charge is -2.31. The number of H-pyrrole nitrogens is 1. The van der Waals surface area contributed by atoms with E-state index in [4.69, 9.17) is 4.42 Å². The van der Waals surface area contributed by atoms with Gasteiger partial charge >= 0.3 is 0 Å². The number of nitrogens with zero attached hydrogens (tertiary/aromatic N) is 3. The van der Waals surface area contributed by atoms with Crippen molar-refractivity contribution >= 4 is 34.2 Å². The molecule has 5 aromatic rings. The van der Waals surface area contributed by atoms with Crippen LogP contribution in [-0.2, 0) is 0 Å². The first-order valence-electron chi connectivity index (χ1n) is 11.7. The molecule has 1 aliphatic rings. The Morgan fingerprint density at radius 2 is 1.71 bits per heavy atom. The molecule has 1 saturated carbocycles. The molecule has 0 radical (unpaired) electrons. The number of allylic oxidation sites excluding steroid dienone is 1. The topological polar surface area (TPSA) is 67.6 Å². The van der Waals surface area contributed by atoms with Crippen LogP contribution in [0.2, 0.25) is 0 Å².